The summed E-state index contributed by atoms with van der Waals surface area (Å²) < 4.78 is 0. The van der Waals surface area contributed by atoms with E-state index in [4.69, 9.17) is 15.9 Å². The van der Waals surface area contributed by atoms with Gasteiger partial charge in [-0.25, -0.2) is 4.79 Å². The topological polar surface area (TPSA) is 113 Å². The van der Waals surface area contributed by atoms with Gasteiger partial charge in [-0.1, -0.05) is 6.08 Å². The van der Waals surface area contributed by atoms with E-state index in [9.17, 15) is 9.59 Å². The molecular formula is C8H12N2O4S. The van der Waals surface area contributed by atoms with Gasteiger partial charge in [0.25, 0.3) is 0 Å². The Hall–Kier alpha value is -1.47. The van der Waals surface area contributed by atoms with Gasteiger partial charge in [-0.15, -0.1) is 0 Å². The maximum atomic E-state index is 10.5. The van der Waals surface area contributed by atoms with Gasteiger partial charge in [-0.2, -0.15) is 10.9 Å². The minimum Gasteiger partial charge on any atom is -0.480 e. The van der Waals surface area contributed by atoms with Crippen LogP contribution in [-0.4, -0.2) is 34.1 Å². The summed E-state index contributed by atoms with van der Waals surface area (Å²) in [6.45, 7) is 0. The Morgan fingerprint density at radius 2 is 2.20 bits per heavy atom. The van der Waals surface area contributed by atoms with Gasteiger partial charge >= 0.3 is 12.1 Å². The molecule has 1 aliphatic rings. The second kappa shape index (κ2) is 4.85. The lowest BCUT2D eigenvalue weighted by Crippen LogP contribution is -2.34. The molecule has 1 unspecified atom stereocenters. The highest BCUT2D eigenvalue weighted by Gasteiger charge is 2.20. The van der Waals surface area contributed by atoms with Crippen molar-refractivity contribution in [2.45, 2.75) is 6.04 Å². The molecule has 7 heteroatoms. The molecule has 0 radical (unpaired) electrons. The summed E-state index contributed by atoms with van der Waals surface area (Å²) in [5.41, 5.74) is 5.37. The van der Waals surface area contributed by atoms with Gasteiger partial charge in [0.15, 0.2) is 0 Å². The molecule has 0 aromatic heterocycles. The van der Waals surface area contributed by atoms with Crippen molar-refractivity contribution in [3.8, 4) is 0 Å². The first-order chi connectivity index (χ1) is 7.00. The summed E-state index contributed by atoms with van der Waals surface area (Å²) in [5, 5.41) is 21.7. The van der Waals surface area contributed by atoms with Gasteiger partial charge in [0.1, 0.15) is 6.04 Å². The SMILES string of the molecule is N[C@H](C[SH]1C=CC=C1NC(=O)O)C(=O)O. The number of hydrogen-bond acceptors (Lipinski definition) is 3. The summed E-state index contributed by atoms with van der Waals surface area (Å²) in [6, 6.07) is -0.960. The van der Waals surface area contributed by atoms with Crippen LogP contribution in [0.3, 0.4) is 0 Å². The number of carboxylic acid groups (broad SMARTS) is 2. The molecule has 15 heavy (non-hydrogen) atoms. The van der Waals surface area contributed by atoms with Crippen LogP contribution in [0.2, 0.25) is 0 Å². The third kappa shape index (κ3) is 3.30. The van der Waals surface area contributed by atoms with Crippen LogP contribution < -0.4 is 11.1 Å². The molecule has 0 aromatic carbocycles. The van der Waals surface area contributed by atoms with Crippen molar-refractivity contribution in [2.24, 2.45) is 5.73 Å². The highest BCUT2D eigenvalue weighted by Crippen LogP contribution is 2.39. The molecule has 0 aromatic rings. The molecule has 5 N–H and O–H groups in total. The first-order valence-corrected chi connectivity index (χ1v) is 5.74. The first-order valence-electron chi connectivity index (χ1n) is 4.14. The highest BCUT2D eigenvalue weighted by atomic mass is 32.2. The molecule has 0 bridgehead atoms. The average Bonchev–Trinajstić information content (AvgIpc) is 2.51. The maximum absolute atomic E-state index is 10.5. The summed E-state index contributed by atoms with van der Waals surface area (Å²) in [6.07, 6.45) is 2.17. The smallest absolute Gasteiger partial charge is 0.409 e. The van der Waals surface area contributed by atoms with Gasteiger partial charge in [0.05, 0.1) is 5.03 Å². The van der Waals surface area contributed by atoms with E-state index in [1.807, 2.05) is 0 Å². The fraction of sp³-hybridized carbons (Fsp3) is 0.250. The lowest BCUT2D eigenvalue weighted by Gasteiger charge is -2.19. The predicted molar refractivity (Wildman–Crippen MR) is 57.8 cm³/mol. The number of rotatable bonds is 4. The van der Waals surface area contributed by atoms with Crippen LogP contribution in [0, 0.1) is 0 Å². The van der Waals surface area contributed by atoms with E-state index < -0.39 is 29.0 Å². The first kappa shape index (κ1) is 11.6. The molecule has 0 spiro atoms. The minimum atomic E-state index is -1.15. The molecule has 2 atom stereocenters. The Balaban J connectivity index is 2.55. The van der Waals surface area contributed by atoms with Gasteiger partial charge in [0, 0.05) is 5.75 Å². The predicted octanol–water partition coefficient (Wildman–Crippen LogP) is 0.0358. The molecule has 1 aliphatic heterocycles. The standard InChI is InChI=1S/C8H12N2O4S/c9-5(7(11)12)4-15-3-1-2-6(15)10-8(13)14/h1-3,5,10,15H,4,9H2,(H,11,12)(H,13,14)/t5-/m1/s1. The van der Waals surface area contributed by atoms with Crippen LogP contribution in [0.5, 0.6) is 0 Å². The largest absolute Gasteiger partial charge is 0.480 e. The molecular weight excluding hydrogens is 220 g/mol. The van der Waals surface area contributed by atoms with Crippen molar-refractivity contribution in [3.05, 3.63) is 22.6 Å². The van der Waals surface area contributed by atoms with Gasteiger partial charge in [0.2, 0.25) is 0 Å². The molecule has 6 nitrogen and oxygen atoms in total. The minimum absolute atomic E-state index is 0.243. The number of amides is 1. The van der Waals surface area contributed by atoms with E-state index >= 15 is 0 Å². The number of carbonyl (C=O) groups is 2. The zero-order valence-corrected chi connectivity index (χ0v) is 8.65. The number of hydrogen-bond donors (Lipinski definition) is 5. The molecule has 1 amide bonds. The highest BCUT2D eigenvalue weighted by molar-refractivity contribution is 8.23. The van der Waals surface area contributed by atoms with Crippen molar-refractivity contribution in [3.63, 3.8) is 0 Å². The molecule has 0 saturated heterocycles. The van der Waals surface area contributed by atoms with Crippen LogP contribution in [0.15, 0.2) is 22.6 Å². The number of allylic oxidation sites excluding steroid dienone is 2. The third-order valence-electron chi connectivity index (χ3n) is 1.78. The Bertz CT molecular complexity index is 340. The van der Waals surface area contributed by atoms with E-state index in [-0.39, 0.29) is 5.75 Å². The molecule has 1 heterocycles. The van der Waals surface area contributed by atoms with Crippen LogP contribution >= 0.6 is 10.9 Å². The van der Waals surface area contributed by atoms with Crippen molar-refractivity contribution < 1.29 is 19.8 Å². The lowest BCUT2D eigenvalue weighted by atomic mass is 10.4. The quantitative estimate of drug-likeness (QED) is 0.439. The molecule has 0 aliphatic carbocycles. The van der Waals surface area contributed by atoms with E-state index in [1.165, 1.54) is 0 Å². The van der Waals surface area contributed by atoms with E-state index in [2.05, 4.69) is 5.32 Å². The fourth-order valence-corrected chi connectivity index (χ4v) is 2.96. The van der Waals surface area contributed by atoms with E-state index in [1.54, 1.807) is 17.6 Å². The molecule has 0 fully saturated rings. The lowest BCUT2D eigenvalue weighted by molar-refractivity contribution is -0.137. The van der Waals surface area contributed by atoms with Gasteiger partial charge < -0.3 is 15.9 Å². The van der Waals surface area contributed by atoms with E-state index in [0.717, 1.165) is 0 Å². The second-order valence-corrected chi connectivity index (χ2v) is 5.01. The Labute approximate surface area is 88.8 Å². The zero-order valence-electron chi connectivity index (χ0n) is 7.75. The Morgan fingerprint density at radius 1 is 1.53 bits per heavy atom. The number of carboxylic acids is 1. The molecule has 0 saturated carbocycles. The van der Waals surface area contributed by atoms with Crippen LogP contribution in [0.25, 0.3) is 0 Å². The number of nitrogens with one attached hydrogen (secondary N) is 1. The number of nitrogens with two attached hydrogens (primary N) is 1. The molecule has 1 rings (SSSR count). The summed E-state index contributed by atoms with van der Waals surface area (Å²) in [4.78, 5) is 20.9. The average molecular weight is 232 g/mol. The fourth-order valence-electron chi connectivity index (χ4n) is 1.09. The normalized spacial score (nSPS) is 23.3. The van der Waals surface area contributed by atoms with Gasteiger partial charge in [-0.3, -0.25) is 10.1 Å². The zero-order chi connectivity index (χ0) is 11.4. The van der Waals surface area contributed by atoms with Crippen LogP contribution in [0.1, 0.15) is 0 Å². The molecule has 84 valence electrons. The Kier molecular flexibility index (Phi) is 3.75. The summed E-state index contributed by atoms with van der Waals surface area (Å²) in [7, 11) is -0.930. The summed E-state index contributed by atoms with van der Waals surface area (Å²) >= 11 is 0. The monoisotopic (exact) mass is 232 g/mol. The maximum Gasteiger partial charge on any atom is 0.409 e. The Morgan fingerprint density at radius 3 is 2.73 bits per heavy atom. The van der Waals surface area contributed by atoms with Crippen molar-refractivity contribution in [2.75, 3.05) is 5.75 Å². The number of thiol groups is 1. The summed E-state index contributed by atoms with van der Waals surface area (Å²) in [5.74, 6) is -0.833. The van der Waals surface area contributed by atoms with Crippen molar-refractivity contribution in [1.29, 1.82) is 0 Å². The van der Waals surface area contributed by atoms with E-state index in [0.29, 0.717) is 5.03 Å². The second-order valence-electron chi connectivity index (χ2n) is 2.92. The van der Waals surface area contributed by atoms with Crippen LogP contribution in [-0.2, 0) is 4.79 Å². The number of aliphatic carboxylic acids is 1. The van der Waals surface area contributed by atoms with Gasteiger partial charge in [-0.05, 0) is 11.5 Å². The van der Waals surface area contributed by atoms with Crippen molar-refractivity contribution in [1.82, 2.24) is 5.32 Å². The van der Waals surface area contributed by atoms with Crippen LogP contribution in [0.4, 0.5) is 4.79 Å². The third-order valence-corrected chi connectivity index (χ3v) is 3.97. The van der Waals surface area contributed by atoms with Crippen molar-refractivity contribution >= 4 is 23.0 Å².